The Balaban J connectivity index is 0.996. The maximum atomic E-state index is 6.54. The van der Waals surface area contributed by atoms with Gasteiger partial charge in [0.25, 0.3) is 0 Å². The average Bonchev–Trinajstić information content (AvgIpc) is 3.84. The number of hydrogen-bond donors (Lipinski definition) is 0. The van der Waals surface area contributed by atoms with Crippen LogP contribution in [0.15, 0.2) is 180 Å². The third-order valence-corrected chi connectivity index (χ3v) is 12.3. The highest BCUT2D eigenvalue weighted by molar-refractivity contribution is 7.25. The zero-order chi connectivity index (χ0) is 36.7. The average molecular weight is 732 g/mol. The van der Waals surface area contributed by atoms with Crippen molar-refractivity contribution in [2.75, 3.05) is 0 Å². The fraction of sp³-hybridized carbons (Fsp3) is 0. The van der Waals surface area contributed by atoms with Gasteiger partial charge in [-0.05, 0) is 85.9 Å². The van der Waals surface area contributed by atoms with Gasteiger partial charge in [0.05, 0.1) is 0 Å². The van der Waals surface area contributed by atoms with Crippen LogP contribution in [0.4, 0.5) is 0 Å². The van der Waals surface area contributed by atoms with Crippen LogP contribution in [-0.2, 0) is 0 Å². The van der Waals surface area contributed by atoms with Crippen molar-refractivity contribution in [1.29, 1.82) is 0 Å². The van der Waals surface area contributed by atoms with Crippen molar-refractivity contribution < 1.29 is 4.42 Å². The predicted molar refractivity (Wildman–Crippen MR) is 234 cm³/mol. The van der Waals surface area contributed by atoms with Crippen molar-refractivity contribution in [3.8, 4) is 45.3 Å². The third kappa shape index (κ3) is 4.81. The molecule has 0 bridgehead atoms. The molecule has 260 valence electrons. The summed E-state index contributed by atoms with van der Waals surface area (Å²) < 4.78 is 8.99. The molecule has 0 aliphatic heterocycles. The minimum absolute atomic E-state index is 0.601. The topological polar surface area (TPSA) is 51.8 Å². The number of hydrogen-bond acceptors (Lipinski definition) is 5. The Morgan fingerprint density at radius 1 is 0.321 bits per heavy atom. The highest BCUT2D eigenvalue weighted by Gasteiger charge is 2.18. The summed E-state index contributed by atoms with van der Waals surface area (Å²) in [5.41, 5.74) is 6.75. The number of aromatic nitrogens is 3. The maximum absolute atomic E-state index is 6.54. The summed E-state index contributed by atoms with van der Waals surface area (Å²) in [6.07, 6.45) is 0. The van der Waals surface area contributed by atoms with Crippen LogP contribution >= 0.6 is 11.3 Å². The number of benzene rings is 9. The second kappa shape index (κ2) is 12.2. The lowest BCUT2D eigenvalue weighted by atomic mass is 9.92. The number of fused-ring (bicyclic) bond motifs is 12. The van der Waals surface area contributed by atoms with E-state index in [0.29, 0.717) is 17.5 Å². The van der Waals surface area contributed by atoms with Crippen LogP contribution in [-0.4, -0.2) is 15.0 Å². The lowest BCUT2D eigenvalue weighted by Gasteiger charge is -2.12. The molecule has 0 unspecified atom stereocenters. The van der Waals surface area contributed by atoms with Crippen LogP contribution < -0.4 is 0 Å². The van der Waals surface area contributed by atoms with Gasteiger partial charge in [0, 0.05) is 47.6 Å². The summed E-state index contributed by atoms with van der Waals surface area (Å²) in [7, 11) is 0. The first-order valence-electron chi connectivity index (χ1n) is 18.8. The van der Waals surface area contributed by atoms with Gasteiger partial charge < -0.3 is 4.42 Å². The van der Waals surface area contributed by atoms with Crippen molar-refractivity contribution in [2.24, 2.45) is 0 Å². The molecule has 0 saturated heterocycles. The fourth-order valence-electron chi connectivity index (χ4n) is 8.49. The second-order valence-corrected chi connectivity index (χ2v) is 15.4. The molecule has 0 spiro atoms. The van der Waals surface area contributed by atoms with E-state index in [2.05, 4.69) is 146 Å². The van der Waals surface area contributed by atoms with Crippen molar-refractivity contribution in [3.05, 3.63) is 176 Å². The van der Waals surface area contributed by atoms with E-state index in [1.54, 1.807) is 11.3 Å². The zero-order valence-corrected chi connectivity index (χ0v) is 30.7. The molecule has 5 heteroatoms. The van der Waals surface area contributed by atoms with Gasteiger partial charge >= 0.3 is 0 Å². The van der Waals surface area contributed by atoms with Crippen molar-refractivity contribution >= 4 is 85.8 Å². The molecule has 3 heterocycles. The number of thiophene rings is 1. The Morgan fingerprint density at radius 2 is 0.875 bits per heavy atom. The summed E-state index contributed by atoms with van der Waals surface area (Å²) in [6.45, 7) is 0. The van der Waals surface area contributed by atoms with E-state index in [4.69, 9.17) is 19.4 Å². The maximum Gasteiger partial charge on any atom is 0.164 e. The molecule has 0 atom stereocenters. The molecular formula is C51H29N3OS. The second-order valence-electron chi connectivity index (χ2n) is 14.3. The first kappa shape index (κ1) is 31.2. The minimum Gasteiger partial charge on any atom is -0.456 e. The number of rotatable bonds is 4. The third-order valence-electron chi connectivity index (χ3n) is 11.1. The molecule has 0 fully saturated rings. The Labute approximate surface area is 325 Å². The molecule has 12 aromatic rings. The van der Waals surface area contributed by atoms with Gasteiger partial charge in [-0.15, -0.1) is 11.3 Å². The monoisotopic (exact) mass is 731 g/mol. The molecule has 0 amide bonds. The highest BCUT2D eigenvalue weighted by Crippen LogP contribution is 2.41. The first-order chi connectivity index (χ1) is 27.7. The highest BCUT2D eigenvalue weighted by atomic mass is 32.1. The van der Waals surface area contributed by atoms with Crippen LogP contribution in [0.5, 0.6) is 0 Å². The van der Waals surface area contributed by atoms with Crippen LogP contribution in [0, 0.1) is 0 Å². The number of furan rings is 1. The molecule has 0 radical (unpaired) electrons. The van der Waals surface area contributed by atoms with E-state index in [-0.39, 0.29) is 0 Å². The van der Waals surface area contributed by atoms with Crippen LogP contribution in [0.1, 0.15) is 0 Å². The van der Waals surface area contributed by atoms with Crippen LogP contribution in [0.2, 0.25) is 0 Å². The van der Waals surface area contributed by atoms with Crippen LogP contribution in [0.25, 0.3) is 120 Å². The largest absolute Gasteiger partial charge is 0.456 e. The molecule has 0 N–H and O–H groups in total. The lowest BCUT2D eigenvalue weighted by molar-refractivity contribution is 0.669. The molecule has 3 aromatic heterocycles. The molecule has 0 aliphatic rings. The Bertz CT molecular complexity index is 3510. The van der Waals surface area contributed by atoms with Gasteiger partial charge in [0.1, 0.15) is 11.2 Å². The van der Waals surface area contributed by atoms with Gasteiger partial charge in [0.15, 0.2) is 17.5 Å². The van der Waals surface area contributed by atoms with Gasteiger partial charge in [-0.3, -0.25) is 0 Å². The molecular weight excluding hydrogens is 703 g/mol. The minimum atomic E-state index is 0.601. The SMILES string of the molecule is c1ccc(-c2nc(-c3ccc4c(c3)oc3ccc(-c5ccc6c7ccccc7c7ccccc7c6c5)cc34)nc(-c3cccc4sc5ccccc5c34)n2)cc1. The van der Waals surface area contributed by atoms with Gasteiger partial charge in [-0.1, -0.05) is 133 Å². The van der Waals surface area contributed by atoms with Crippen molar-refractivity contribution in [3.63, 3.8) is 0 Å². The predicted octanol–water partition coefficient (Wildman–Crippen LogP) is 14.3. The summed E-state index contributed by atoms with van der Waals surface area (Å²) in [5, 5.41) is 12.1. The Morgan fingerprint density at radius 3 is 1.64 bits per heavy atom. The molecule has 56 heavy (non-hydrogen) atoms. The zero-order valence-electron chi connectivity index (χ0n) is 29.9. The molecule has 9 aromatic carbocycles. The van der Waals surface area contributed by atoms with Gasteiger partial charge in [-0.25, -0.2) is 15.0 Å². The smallest absolute Gasteiger partial charge is 0.164 e. The van der Waals surface area contributed by atoms with E-state index < -0.39 is 0 Å². The van der Waals surface area contributed by atoms with Gasteiger partial charge in [0.2, 0.25) is 0 Å². The number of nitrogens with zero attached hydrogens (tertiary/aromatic N) is 3. The molecule has 4 nitrogen and oxygen atoms in total. The summed E-state index contributed by atoms with van der Waals surface area (Å²) in [4.78, 5) is 15.3. The van der Waals surface area contributed by atoms with E-state index in [0.717, 1.165) is 44.2 Å². The van der Waals surface area contributed by atoms with Crippen molar-refractivity contribution in [1.82, 2.24) is 15.0 Å². The fourth-order valence-corrected chi connectivity index (χ4v) is 9.62. The molecule has 12 rings (SSSR count). The summed E-state index contributed by atoms with van der Waals surface area (Å²) >= 11 is 1.79. The standard InChI is InChI=1S/C51H29N3OS/c1-2-11-30(12-3-1)49-52-50(54-51(53-49)41-18-10-20-47-48(41)40-17-8-9-19-46(40)56-47)33-22-25-39-43-28-32(23-26-44(43)55-45(39)29-33)31-21-24-38-36-15-5-4-13-34(36)35-14-6-7-16-37(35)42(38)27-31/h1-29H. The quantitative estimate of drug-likeness (QED) is 0.169. The van der Waals surface area contributed by atoms with Gasteiger partial charge in [-0.2, -0.15) is 0 Å². The Kier molecular flexibility index (Phi) is 6.76. The van der Waals surface area contributed by atoms with E-state index >= 15 is 0 Å². The lowest BCUT2D eigenvalue weighted by Crippen LogP contribution is -2.00. The van der Waals surface area contributed by atoms with E-state index in [9.17, 15) is 0 Å². The van der Waals surface area contributed by atoms with Crippen LogP contribution in [0.3, 0.4) is 0 Å². The molecule has 0 aliphatic carbocycles. The molecule has 0 saturated carbocycles. The summed E-state index contributed by atoms with van der Waals surface area (Å²) in [6, 6.07) is 62.2. The normalized spacial score (nSPS) is 11.9. The first-order valence-corrected chi connectivity index (χ1v) is 19.6. The van der Waals surface area contributed by atoms with E-state index in [1.807, 2.05) is 30.3 Å². The van der Waals surface area contributed by atoms with Crippen molar-refractivity contribution in [2.45, 2.75) is 0 Å². The Hall–Kier alpha value is -7.21. The summed E-state index contributed by atoms with van der Waals surface area (Å²) in [5.74, 6) is 1.88. The van der Waals surface area contributed by atoms with E-state index in [1.165, 1.54) is 58.1 Å².